The van der Waals surface area contributed by atoms with Gasteiger partial charge in [-0.3, -0.25) is 4.79 Å². The van der Waals surface area contributed by atoms with Gasteiger partial charge in [-0.15, -0.1) is 0 Å². The molecule has 20 heavy (non-hydrogen) atoms. The Morgan fingerprint density at radius 2 is 1.65 bits per heavy atom. The molecule has 108 valence electrons. The third-order valence-corrected chi connectivity index (χ3v) is 3.98. The molecule has 4 nitrogen and oxygen atoms in total. The van der Waals surface area contributed by atoms with Crippen molar-refractivity contribution in [3.63, 3.8) is 0 Å². The first-order chi connectivity index (χ1) is 9.30. The summed E-state index contributed by atoms with van der Waals surface area (Å²) >= 11 is 0. The number of rotatable bonds is 4. The van der Waals surface area contributed by atoms with Crippen LogP contribution in [0.5, 0.6) is 0 Å². The maximum absolute atomic E-state index is 11.9. The molecule has 1 heterocycles. The van der Waals surface area contributed by atoms with Gasteiger partial charge >= 0.3 is 7.12 Å². The van der Waals surface area contributed by atoms with E-state index in [0.717, 1.165) is 5.56 Å². The van der Waals surface area contributed by atoms with Gasteiger partial charge in [-0.2, -0.15) is 0 Å². The monoisotopic (exact) mass is 275 g/mol. The first-order valence-electron chi connectivity index (χ1n) is 6.96. The summed E-state index contributed by atoms with van der Waals surface area (Å²) in [6, 6.07) is 9.67. The fourth-order valence-electron chi connectivity index (χ4n) is 2.09. The summed E-state index contributed by atoms with van der Waals surface area (Å²) in [5.41, 5.74) is 0.280. The standard InChI is InChI=1S/C15H22BNO3/c1-14(2)15(3,4)20-16(19-14)11-17-13(18)10-12-8-6-5-7-9-12/h5-9H,10-11H2,1-4H3,(H,17,18). The van der Waals surface area contributed by atoms with E-state index in [2.05, 4.69) is 5.32 Å². The van der Waals surface area contributed by atoms with Gasteiger partial charge in [0.2, 0.25) is 5.91 Å². The van der Waals surface area contributed by atoms with E-state index in [4.69, 9.17) is 9.31 Å². The SMILES string of the molecule is CC1(C)OB(CNC(=O)Cc2ccccc2)OC1(C)C. The molecule has 1 aromatic rings. The molecule has 0 unspecified atom stereocenters. The molecule has 1 saturated heterocycles. The molecule has 0 radical (unpaired) electrons. The van der Waals surface area contributed by atoms with Crippen LogP contribution in [0.25, 0.3) is 0 Å². The molecule has 0 aromatic heterocycles. The van der Waals surface area contributed by atoms with Crippen molar-refractivity contribution in [1.82, 2.24) is 5.32 Å². The number of carbonyl (C=O) groups is 1. The quantitative estimate of drug-likeness (QED) is 0.855. The van der Waals surface area contributed by atoms with Crippen LogP contribution in [0.4, 0.5) is 0 Å². The molecule has 0 bridgehead atoms. The Labute approximate surface area is 121 Å². The molecule has 1 N–H and O–H groups in total. The van der Waals surface area contributed by atoms with E-state index in [1.807, 2.05) is 58.0 Å². The molecular weight excluding hydrogens is 253 g/mol. The topological polar surface area (TPSA) is 47.6 Å². The largest absolute Gasteiger partial charge is 0.478 e. The molecule has 1 fully saturated rings. The minimum Gasteiger partial charge on any atom is -0.402 e. The highest BCUT2D eigenvalue weighted by Crippen LogP contribution is 2.36. The Bertz CT molecular complexity index is 457. The summed E-state index contributed by atoms with van der Waals surface area (Å²) in [7, 11) is -0.389. The van der Waals surface area contributed by atoms with Crippen LogP contribution in [0.2, 0.25) is 0 Å². The Balaban J connectivity index is 1.81. The lowest BCUT2D eigenvalue weighted by Crippen LogP contribution is -2.41. The van der Waals surface area contributed by atoms with E-state index in [1.165, 1.54) is 0 Å². The van der Waals surface area contributed by atoms with Gasteiger partial charge in [-0.1, -0.05) is 30.3 Å². The second kappa shape index (κ2) is 5.58. The third kappa shape index (κ3) is 3.41. The Morgan fingerprint density at radius 1 is 1.10 bits per heavy atom. The second-order valence-electron chi connectivity index (χ2n) is 6.15. The highest BCUT2D eigenvalue weighted by molar-refractivity contribution is 6.46. The summed E-state index contributed by atoms with van der Waals surface area (Å²) in [5.74, 6) is -0.0223. The maximum Gasteiger partial charge on any atom is 0.478 e. The van der Waals surface area contributed by atoms with E-state index >= 15 is 0 Å². The van der Waals surface area contributed by atoms with E-state index in [0.29, 0.717) is 12.9 Å². The summed E-state index contributed by atoms with van der Waals surface area (Å²) in [6.45, 7) is 8.00. The zero-order chi connectivity index (χ0) is 14.8. The van der Waals surface area contributed by atoms with Gasteiger partial charge in [0.25, 0.3) is 0 Å². The van der Waals surface area contributed by atoms with Gasteiger partial charge < -0.3 is 14.6 Å². The van der Waals surface area contributed by atoms with Crippen LogP contribution in [0.3, 0.4) is 0 Å². The minimum atomic E-state index is -0.389. The van der Waals surface area contributed by atoms with Crippen molar-refractivity contribution < 1.29 is 14.1 Å². The average molecular weight is 275 g/mol. The first-order valence-corrected chi connectivity index (χ1v) is 6.96. The molecule has 5 heteroatoms. The highest BCUT2D eigenvalue weighted by atomic mass is 16.7. The predicted molar refractivity (Wildman–Crippen MR) is 79.2 cm³/mol. The maximum atomic E-state index is 11.9. The lowest BCUT2D eigenvalue weighted by Gasteiger charge is -2.32. The zero-order valence-corrected chi connectivity index (χ0v) is 12.6. The van der Waals surface area contributed by atoms with Gasteiger partial charge in [0.05, 0.1) is 24.1 Å². The van der Waals surface area contributed by atoms with Gasteiger partial charge in [0.15, 0.2) is 0 Å². The first kappa shape index (κ1) is 15.1. The number of amides is 1. The molecule has 1 aliphatic heterocycles. The molecular formula is C15H22BNO3. The van der Waals surface area contributed by atoms with E-state index in [-0.39, 0.29) is 24.2 Å². The van der Waals surface area contributed by atoms with Crippen LogP contribution >= 0.6 is 0 Å². The highest BCUT2D eigenvalue weighted by Gasteiger charge is 2.50. The number of nitrogens with one attached hydrogen (secondary N) is 1. The number of hydrogen-bond acceptors (Lipinski definition) is 3. The normalized spacial score (nSPS) is 19.9. The van der Waals surface area contributed by atoms with E-state index in [1.54, 1.807) is 0 Å². The summed E-state index contributed by atoms with van der Waals surface area (Å²) in [5, 5.41) is 2.86. The Hall–Kier alpha value is -1.33. The fourth-order valence-corrected chi connectivity index (χ4v) is 2.09. The second-order valence-corrected chi connectivity index (χ2v) is 6.15. The Morgan fingerprint density at radius 3 is 2.20 bits per heavy atom. The van der Waals surface area contributed by atoms with Gasteiger partial charge in [-0.05, 0) is 33.3 Å². The predicted octanol–water partition coefficient (Wildman–Crippen LogP) is 1.98. The molecule has 2 rings (SSSR count). The van der Waals surface area contributed by atoms with Crippen LogP contribution in [-0.2, 0) is 20.5 Å². The van der Waals surface area contributed by atoms with Crippen molar-refractivity contribution in [3.05, 3.63) is 35.9 Å². The molecule has 0 atom stereocenters. The lowest BCUT2D eigenvalue weighted by atomic mass is 9.90. The van der Waals surface area contributed by atoms with Crippen LogP contribution in [0.1, 0.15) is 33.3 Å². The minimum absolute atomic E-state index is 0.0223. The summed E-state index contributed by atoms with van der Waals surface area (Å²) in [4.78, 5) is 11.9. The van der Waals surface area contributed by atoms with E-state index in [9.17, 15) is 4.79 Å². The molecule has 0 spiro atoms. The molecule has 0 aliphatic carbocycles. The molecule has 1 aliphatic rings. The van der Waals surface area contributed by atoms with E-state index < -0.39 is 0 Å². The van der Waals surface area contributed by atoms with Crippen LogP contribution in [0.15, 0.2) is 30.3 Å². The van der Waals surface area contributed by atoms with Crippen LogP contribution in [0, 0.1) is 0 Å². The van der Waals surface area contributed by atoms with Crippen molar-refractivity contribution in [2.24, 2.45) is 0 Å². The number of hydrogen-bond donors (Lipinski definition) is 1. The smallest absolute Gasteiger partial charge is 0.402 e. The number of carbonyl (C=O) groups excluding carboxylic acids is 1. The van der Waals surface area contributed by atoms with Crippen LogP contribution in [-0.4, -0.2) is 30.7 Å². The summed E-state index contributed by atoms with van der Waals surface area (Å²) < 4.78 is 11.7. The van der Waals surface area contributed by atoms with Crippen molar-refractivity contribution in [3.8, 4) is 0 Å². The number of benzene rings is 1. The molecule has 1 amide bonds. The van der Waals surface area contributed by atoms with Crippen LogP contribution < -0.4 is 5.32 Å². The third-order valence-electron chi connectivity index (χ3n) is 3.98. The summed E-state index contributed by atoms with van der Waals surface area (Å²) in [6.07, 6.45) is 0.749. The fraction of sp³-hybridized carbons (Fsp3) is 0.533. The molecule has 1 aromatic carbocycles. The van der Waals surface area contributed by atoms with Crippen molar-refractivity contribution in [1.29, 1.82) is 0 Å². The van der Waals surface area contributed by atoms with Gasteiger partial charge in [0, 0.05) is 0 Å². The van der Waals surface area contributed by atoms with Crippen molar-refractivity contribution in [2.45, 2.75) is 45.3 Å². The van der Waals surface area contributed by atoms with Crippen molar-refractivity contribution in [2.75, 3.05) is 6.44 Å². The van der Waals surface area contributed by atoms with Crippen molar-refractivity contribution >= 4 is 13.0 Å². The lowest BCUT2D eigenvalue weighted by molar-refractivity contribution is -0.120. The molecule has 0 saturated carbocycles. The van der Waals surface area contributed by atoms with Gasteiger partial charge in [0.1, 0.15) is 0 Å². The average Bonchev–Trinajstić information content (AvgIpc) is 2.57. The zero-order valence-electron chi connectivity index (χ0n) is 12.6. The Kier molecular flexibility index (Phi) is 4.21. The van der Waals surface area contributed by atoms with Gasteiger partial charge in [-0.25, -0.2) is 0 Å².